The minimum Gasteiger partial charge on any atom is -0.208 e. The van der Waals surface area contributed by atoms with Crippen LogP contribution in [0.4, 0.5) is 0 Å². The predicted molar refractivity (Wildman–Crippen MR) is 99.2 cm³/mol. The van der Waals surface area contributed by atoms with E-state index in [0.29, 0.717) is 11.6 Å². The van der Waals surface area contributed by atoms with Crippen LogP contribution in [0.3, 0.4) is 0 Å². The van der Waals surface area contributed by atoms with Crippen LogP contribution in [0.2, 0.25) is 5.28 Å². The molecule has 0 spiro atoms. The molecule has 23 heavy (non-hydrogen) atoms. The molecule has 0 unspecified atom stereocenters. The van der Waals surface area contributed by atoms with Crippen LogP contribution >= 0.6 is 11.6 Å². The van der Waals surface area contributed by atoms with E-state index in [0.717, 1.165) is 17.6 Å². The van der Waals surface area contributed by atoms with Crippen LogP contribution in [0.1, 0.15) is 33.0 Å². The Morgan fingerprint density at radius 3 is 2.43 bits per heavy atom. The highest BCUT2D eigenvalue weighted by Gasteiger charge is 2.08. The Hall–Kier alpha value is -2.26. The third-order valence-corrected chi connectivity index (χ3v) is 2.93. The molecule has 0 saturated heterocycles. The van der Waals surface area contributed by atoms with Gasteiger partial charge in [-0.25, -0.2) is 4.98 Å². The maximum atomic E-state index is 6.02. The largest absolute Gasteiger partial charge is 0.226 e. The molecule has 0 amide bonds. The molecule has 2 aromatic rings. The number of hydrogen-bond donors (Lipinski definition) is 0. The molecule has 0 atom stereocenters. The fourth-order valence-corrected chi connectivity index (χ4v) is 1.90. The van der Waals surface area contributed by atoms with E-state index in [9.17, 15) is 0 Å². The molecule has 0 radical (unpaired) electrons. The number of hydrogen-bond acceptors (Lipinski definition) is 3. The van der Waals surface area contributed by atoms with Gasteiger partial charge in [-0.3, -0.25) is 0 Å². The summed E-state index contributed by atoms with van der Waals surface area (Å²) in [6.45, 7) is 9.88. The lowest BCUT2D eigenvalue weighted by molar-refractivity contribution is 1.03. The van der Waals surface area contributed by atoms with Crippen molar-refractivity contribution in [3.8, 4) is 11.4 Å². The third kappa shape index (κ3) is 5.80. The molecule has 0 aliphatic rings. The summed E-state index contributed by atoms with van der Waals surface area (Å²) in [7, 11) is 0. The molecule has 1 aromatic carbocycles. The van der Waals surface area contributed by atoms with E-state index in [1.165, 1.54) is 0 Å². The van der Waals surface area contributed by atoms with Crippen molar-refractivity contribution in [2.24, 2.45) is 0 Å². The van der Waals surface area contributed by atoms with E-state index in [1.54, 1.807) is 6.08 Å². The fraction of sp³-hybridized carbons (Fsp3) is 0.211. The second-order valence-corrected chi connectivity index (χ2v) is 4.62. The van der Waals surface area contributed by atoms with Gasteiger partial charge >= 0.3 is 0 Å². The highest BCUT2D eigenvalue weighted by atomic mass is 35.5. The minimum atomic E-state index is 0.172. The summed E-state index contributed by atoms with van der Waals surface area (Å²) in [4.78, 5) is 12.8. The normalized spacial score (nSPS) is 11.0. The topological polar surface area (TPSA) is 38.7 Å². The summed E-state index contributed by atoms with van der Waals surface area (Å²) < 4.78 is 0. The number of aromatic nitrogens is 3. The van der Waals surface area contributed by atoms with Crippen molar-refractivity contribution in [2.45, 2.75) is 27.2 Å². The van der Waals surface area contributed by atoms with Gasteiger partial charge in [0.2, 0.25) is 5.28 Å². The monoisotopic (exact) mass is 327 g/mol. The molecule has 1 heterocycles. The first-order valence-corrected chi connectivity index (χ1v) is 8.09. The Morgan fingerprint density at radius 2 is 1.83 bits per heavy atom. The zero-order chi connectivity index (χ0) is 17.1. The lowest BCUT2D eigenvalue weighted by atomic mass is 10.2. The van der Waals surface area contributed by atoms with E-state index >= 15 is 0 Å². The smallest absolute Gasteiger partial charge is 0.208 e. The molecule has 120 valence electrons. The van der Waals surface area contributed by atoms with Crippen LogP contribution in [-0.4, -0.2) is 15.0 Å². The van der Waals surface area contributed by atoms with Gasteiger partial charge in [-0.15, -0.1) is 0 Å². The zero-order valence-electron chi connectivity index (χ0n) is 13.8. The van der Waals surface area contributed by atoms with Crippen molar-refractivity contribution >= 4 is 17.2 Å². The molecule has 1 aromatic heterocycles. The zero-order valence-corrected chi connectivity index (χ0v) is 14.6. The molecule has 0 bridgehead atoms. The highest BCUT2D eigenvalue weighted by Crippen LogP contribution is 2.19. The van der Waals surface area contributed by atoms with Crippen molar-refractivity contribution in [3.05, 3.63) is 72.3 Å². The van der Waals surface area contributed by atoms with E-state index < -0.39 is 0 Å². The molecule has 3 nitrogen and oxygen atoms in total. The Balaban J connectivity index is 0.00000127. The lowest BCUT2D eigenvalue weighted by Crippen LogP contribution is -1.99. The van der Waals surface area contributed by atoms with E-state index in [1.807, 2.05) is 62.4 Å². The van der Waals surface area contributed by atoms with Crippen LogP contribution in [0, 0.1) is 0 Å². The quantitative estimate of drug-likeness (QED) is 0.656. The van der Waals surface area contributed by atoms with Gasteiger partial charge in [0.1, 0.15) is 0 Å². The van der Waals surface area contributed by atoms with Gasteiger partial charge < -0.3 is 0 Å². The van der Waals surface area contributed by atoms with E-state index in [2.05, 4.69) is 28.5 Å². The number of rotatable bonds is 5. The van der Waals surface area contributed by atoms with Gasteiger partial charge in [0.25, 0.3) is 0 Å². The Kier molecular flexibility index (Phi) is 8.55. The van der Waals surface area contributed by atoms with Crippen molar-refractivity contribution in [1.82, 2.24) is 15.0 Å². The molecular formula is C19H22ClN3. The number of allylic oxidation sites excluding steroid dienone is 5. The van der Waals surface area contributed by atoms with Gasteiger partial charge in [0.05, 0.1) is 0 Å². The highest BCUT2D eigenvalue weighted by molar-refractivity contribution is 6.28. The van der Waals surface area contributed by atoms with Crippen molar-refractivity contribution < 1.29 is 0 Å². The summed E-state index contributed by atoms with van der Waals surface area (Å²) in [5.74, 6) is 1.07. The SMILES string of the molecule is C=C/C(=C\C=C/CC)c1nc(Cl)nc(-c2ccccc2)n1.CC. The van der Waals surface area contributed by atoms with Crippen LogP contribution in [0.5, 0.6) is 0 Å². The van der Waals surface area contributed by atoms with Crippen LogP contribution in [0.15, 0.2) is 61.2 Å². The molecule has 0 aliphatic heterocycles. The van der Waals surface area contributed by atoms with Crippen LogP contribution in [-0.2, 0) is 0 Å². The van der Waals surface area contributed by atoms with Gasteiger partial charge in [-0.05, 0) is 18.0 Å². The number of halogens is 1. The van der Waals surface area contributed by atoms with Gasteiger partial charge in [-0.2, -0.15) is 9.97 Å². The molecule has 0 N–H and O–H groups in total. The van der Waals surface area contributed by atoms with Gasteiger partial charge in [0, 0.05) is 11.1 Å². The molecule has 2 rings (SSSR count). The van der Waals surface area contributed by atoms with Gasteiger partial charge in [-0.1, -0.05) is 82.0 Å². The molecule has 0 aliphatic carbocycles. The molecule has 0 fully saturated rings. The van der Waals surface area contributed by atoms with Gasteiger partial charge in [0.15, 0.2) is 11.6 Å². The van der Waals surface area contributed by atoms with E-state index in [-0.39, 0.29) is 5.28 Å². The minimum absolute atomic E-state index is 0.172. The maximum Gasteiger partial charge on any atom is 0.226 e. The Morgan fingerprint density at radius 1 is 1.13 bits per heavy atom. The standard InChI is InChI=1S/C17H16ClN3.C2H6/c1-3-5-7-10-13(4-2)15-19-16(21-17(18)20-15)14-11-8-6-9-12-14;1-2/h4-12H,2-3H2,1H3;1-2H3/b7-5-,13-10+;. The van der Waals surface area contributed by atoms with Crippen LogP contribution < -0.4 is 0 Å². The number of nitrogens with zero attached hydrogens (tertiary/aromatic N) is 3. The summed E-state index contributed by atoms with van der Waals surface area (Å²) in [6.07, 6.45) is 8.59. The maximum absolute atomic E-state index is 6.02. The van der Waals surface area contributed by atoms with E-state index in [4.69, 9.17) is 11.6 Å². The van der Waals surface area contributed by atoms with Crippen molar-refractivity contribution in [1.29, 1.82) is 0 Å². The van der Waals surface area contributed by atoms with Crippen LogP contribution in [0.25, 0.3) is 17.0 Å². The first kappa shape index (κ1) is 18.8. The summed E-state index contributed by atoms with van der Waals surface area (Å²) >= 11 is 6.02. The first-order chi connectivity index (χ1) is 11.2. The molecular weight excluding hydrogens is 306 g/mol. The Bertz CT molecular complexity index is 676. The summed E-state index contributed by atoms with van der Waals surface area (Å²) in [6, 6.07) is 9.67. The van der Waals surface area contributed by atoms with Crippen molar-refractivity contribution in [2.75, 3.05) is 0 Å². The predicted octanol–water partition coefficient (Wildman–Crippen LogP) is 5.75. The van der Waals surface area contributed by atoms with Crippen molar-refractivity contribution in [3.63, 3.8) is 0 Å². The third-order valence-electron chi connectivity index (χ3n) is 2.77. The first-order valence-electron chi connectivity index (χ1n) is 7.71. The molecule has 4 heteroatoms. The fourth-order valence-electron chi connectivity index (χ4n) is 1.74. The summed E-state index contributed by atoms with van der Waals surface area (Å²) in [5, 5.41) is 0.172. The second kappa shape index (κ2) is 10.5. The molecule has 0 saturated carbocycles. The second-order valence-electron chi connectivity index (χ2n) is 4.28. The Labute approximate surface area is 143 Å². The average Bonchev–Trinajstić information content (AvgIpc) is 2.61. The summed E-state index contributed by atoms with van der Waals surface area (Å²) in [5.41, 5.74) is 1.71. The average molecular weight is 328 g/mol. The lowest BCUT2D eigenvalue weighted by Gasteiger charge is -2.04. The number of benzene rings is 1.